The van der Waals surface area contributed by atoms with Gasteiger partial charge in [0, 0.05) is 12.6 Å². The summed E-state index contributed by atoms with van der Waals surface area (Å²) in [4.78, 5) is 13.3. The second-order valence-corrected chi connectivity index (χ2v) is 7.69. The van der Waals surface area contributed by atoms with E-state index >= 15 is 0 Å². The summed E-state index contributed by atoms with van der Waals surface area (Å²) in [6.45, 7) is 1.58. The third kappa shape index (κ3) is 3.46. The Balaban J connectivity index is 1.52. The molecule has 1 aliphatic carbocycles. The van der Waals surface area contributed by atoms with Crippen LogP contribution in [0.15, 0.2) is 48.5 Å². The molecule has 142 valence electrons. The summed E-state index contributed by atoms with van der Waals surface area (Å²) in [5.74, 6) is 0.965. The molecule has 1 amide bonds. The first kappa shape index (κ1) is 18.1. The number of nitrogens with one attached hydrogen (secondary N) is 2. The van der Waals surface area contributed by atoms with Crippen molar-refractivity contribution in [1.82, 2.24) is 10.6 Å². The third-order valence-electron chi connectivity index (χ3n) is 6.20. The lowest BCUT2D eigenvalue weighted by Gasteiger charge is -2.31. The van der Waals surface area contributed by atoms with E-state index in [0.717, 1.165) is 50.0 Å². The van der Waals surface area contributed by atoms with Crippen molar-refractivity contribution < 1.29 is 9.53 Å². The zero-order valence-electron chi connectivity index (χ0n) is 16.0. The fourth-order valence-corrected chi connectivity index (χ4v) is 4.69. The summed E-state index contributed by atoms with van der Waals surface area (Å²) < 4.78 is 5.39. The van der Waals surface area contributed by atoms with Gasteiger partial charge >= 0.3 is 0 Å². The smallest absolute Gasteiger partial charge is 0.230 e. The van der Waals surface area contributed by atoms with Gasteiger partial charge in [-0.05, 0) is 54.6 Å². The lowest BCUT2D eigenvalue weighted by molar-refractivity contribution is -0.126. The van der Waals surface area contributed by atoms with Gasteiger partial charge in [-0.2, -0.15) is 0 Å². The number of methoxy groups -OCH3 is 1. The van der Waals surface area contributed by atoms with Crippen molar-refractivity contribution in [3.63, 3.8) is 0 Å². The normalized spacial score (nSPS) is 20.7. The molecule has 0 bridgehead atoms. The van der Waals surface area contributed by atoms with Crippen LogP contribution >= 0.6 is 0 Å². The maximum atomic E-state index is 13.3. The maximum Gasteiger partial charge on any atom is 0.230 e. The van der Waals surface area contributed by atoms with Crippen molar-refractivity contribution in [3.8, 4) is 5.75 Å². The quantitative estimate of drug-likeness (QED) is 0.854. The zero-order valence-corrected chi connectivity index (χ0v) is 16.0. The lowest BCUT2D eigenvalue weighted by atomic mass is 9.77. The second-order valence-electron chi connectivity index (χ2n) is 7.69. The molecule has 1 unspecified atom stereocenters. The van der Waals surface area contributed by atoms with E-state index in [1.807, 2.05) is 18.2 Å². The van der Waals surface area contributed by atoms with Gasteiger partial charge in [-0.15, -0.1) is 0 Å². The molecule has 4 heteroatoms. The molecule has 4 rings (SSSR count). The predicted octanol–water partition coefficient (Wildman–Crippen LogP) is 3.51. The first-order chi connectivity index (χ1) is 13.2. The van der Waals surface area contributed by atoms with Gasteiger partial charge in [0.25, 0.3) is 0 Å². The number of benzene rings is 2. The lowest BCUT2D eigenvalue weighted by Crippen LogP contribution is -2.46. The Morgan fingerprint density at radius 2 is 2.00 bits per heavy atom. The number of carbonyl (C=O) groups is 1. The van der Waals surface area contributed by atoms with Crippen LogP contribution in [-0.4, -0.2) is 26.1 Å². The third-order valence-corrected chi connectivity index (χ3v) is 6.20. The second kappa shape index (κ2) is 7.73. The Hall–Kier alpha value is -2.33. The molecule has 2 N–H and O–H groups in total. The van der Waals surface area contributed by atoms with Crippen molar-refractivity contribution in [2.75, 3.05) is 20.2 Å². The molecule has 0 saturated heterocycles. The standard InChI is InChI=1S/C23H28N2O2/c1-27-19-9-6-8-18(15-19)23(12-4-5-13-23)22(26)25-16-21-20-10-3-2-7-17(20)11-14-24-21/h2-3,6-10,15,21,24H,4-5,11-14,16H2,1H3,(H,25,26). The first-order valence-corrected chi connectivity index (χ1v) is 9.97. The molecule has 27 heavy (non-hydrogen) atoms. The number of carbonyl (C=O) groups excluding carboxylic acids is 1. The molecule has 1 aliphatic heterocycles. The van der Waals surface area contributed by atoms with Crippen molar-refractivity contribution in [1.29, 1.82) is 0 Å². The van der Waals surface area contributed by atoms with Crippen LogP contribution < -0.4 is 15.4 Å². The summed E-state index contributed by atoms with van der Waals surface area (Å²) in [5, 5.41) is 6.83. The molecule has 0 aromatic heterocycles. The molecule has 1 saturated carbocycles. The minimum atomic E-state index is -0.428. The Morgan fingerprint density at radius 1 is 1.19 bits per heavy atom. The fraction of sp³-hybridized carbons (Fsp3) is 0.435. The molecule has 4 nitrogen and oxygen atoms in total. The highest BCUT2D eigenvalue weighted by atomic mass is 16.5. The van der Waals surface area contributed by atoms with Crippen LogP contribution in [0.4, 0.5) is 0 Å². The monoisotopic (exact) mass is 364 g/mol. The topological polar surface area (TPSA) is 50.4 Å². The van der Waals surface area contributed by atoms with E-state index in [1.165, 1.54) is 11.1 Å². The Labute approximate surface area is 161 Å². The van der Waals surface area contributed by atoms with Gasteiger partial charge in [0.15, 0.2) is 0 Å². The molecule has 2 aromatic carbocycles. The van der Waals surface area contributed by atoms with Gasteiger partial charge < -0.3 is 15.4 Å². The van der Waals surface area contributed by atoms with E-state index in [2.05, 4.69) is 41.0 Å². The van der Waals surface area contributed by atoms with Crippen LogP contribution in [-0.2, 0) is 16.6 Å². The Bertz CT molecular complexity index is 812. The molecule has 1 heterocycles. The summed E-state index contributed by atoms with van der Waals surface area (Å²) in [6, 6.07) is 16.7. The fourth-order valence-electron chi connectivity index (χ4n) is 4.69. The maximum absolute atomic E-state index is 13.3. The first-order valence-electron chi connectivity index (χ1n) is 9.97. The highest BCUT2D eigenvalue weighted by Crippen LogP contribution is 2.42. The molecule has 1 fully saturated rings. The van der Waals surface area contributed by atoms with Crippen LogP contribution in [0.3, 0.4) is 0 Å². The van der Waals surface area contributed by atoms with Crippen LogP contribution in [0, 0.1) is 0 Å². The average Bonchev–Trinajstić information content (AvgIpc) is 3.23. The predicted molar refractivity (Wildman–Crippen MR) is 107 cm³/mol. The Kier molecular flexibility index (Phi) is 5.17. The van der Waals surface area contributed by atoms with E-state index in [-0.39, 0.29) is 11.9 Å². The van der Waals surface area contributed by atoms with E-state index in [0.29, 0.717) is 6.54 Å². The number of ether oxygens (including phenoxy) is 1. The number of amides is 1. The van der Waals surface area contributed by atoms with Gasteiger partial charge in [0.05, 0.1) is 12.5 Å². The molecule has 1 atom stereocenters. The van der Waals surface area contributed by atoms with E-state index in [9.17, 15) is 4.79 Å². The van der Waals surface area contributed by atoms with Crippen LogP contribution in [0.1, 0.15) is 48.4 Å². The molecular weight excluding hydrogens is 336 g/mol. The average molecular weight is 364 g/mol. The number of rotatable bonds is 5. The molecule has 0 spiro atoms. The van der Waals surface area contributed by atoms with Gasteiger partial charge in [-0.1, -0.05) is 49.2 Å². The van der Waals surface area contributed by atoms with Crippen LogP contribution in [0.25, 0.3) is 0 Å². The molecule has 2 aromatic rings. The largest absolute Gasteiger partial charge is 0.497 e. The van der Waals surface area contributed by atoms with Crippen molar-refractivity contribution >= 4 is 5.91 Å². The summed E-state index contributed by atoms with van der Waals surface area (Å²) in [6.07, 6.45) is 5.04. The number of hydrogen-bond acceptors (Lipinski definition) is 3. The van der Waals surface area contributed by atoms with E-state index in [1.54, 1.807) is 7.11 Å². The molecule has 0 radical (unpaired) electrons. The number of fused-ring (bicyclic) bond motifs is 1. The number of hydrogen-bond donors (Lipinski definition) is 2. The summed E-state index contributed by atoms with van der Waals surface area (Å²) in [7, 11) is 1.67. The van der Waals surface area contributed by atoms with Crippen molar-refractivity contribution in [3.05, 3.63) is 65.2 Å². The van der Waals surface area contributed by atoms with Gasteiger partial charge in [-0.25, -0.2) is 0 Å². The van der Waals surface area contributed by atoms with E-state index < -0.39 is 5.41 Å². The zero-order chi connectivity index (χ0) is 18.7. The van der Waals surface area contributed by atoms with Crippen molar-refractivity contribution in [2.45, 2.75) is 43.6 Å². The van der Waals surface area contributed by atoms with Crippen LogP contribution in [0.5, 0.6) is 5.75 Å². The Morgan fingerprint density at radius 3 is 2.81 bits per heavy atom. The highest BCUT2D eigenvalue weighted by molar-refractivity contribution is 5.88. The van der Waals surface area contributed by atoms with E-state index in [4.69, 9.17) is 4.74 Å². The van der Waals surface area contributed by atoms with Gasteiger partial charge in [0.1, 0.15) is 5.75 Å². The van der Waals surface area contributed by atoms with Gasteiger partial charge in [0.2, 0.25) is 5.91 Å². The van der Waals surface area contributed by atoms with Crippen LogP contribution in [0.2, 0.25) is 0 Å². The van der Waals surface area contributed by atoms with Crippen molar-refractivity contribution in [2.24, 2.45) is 0 Å². The highest BCUT2D eigenvalue weighted by Gasteiger charge is 2.43. The molecule has 2 aliphatic rings. The minimum absolute atomic E-state index is 0.151. The SMILES string of the molecule is COc1cccc(C2(C(=O)NCC3NCCc4ccccc43)CCCC2)c1. The molecular formula is C23H28N2O2. The summed E-state index contributed by atoms with van der Waals surface area (Å²) >= 11 is 0. The van der Waals surface area contributed by atoms with Gasteiger partial charge in [-0.3, -0.25) is 4.79 Å². The summed E-state index contributed by atoms with van der Waals surface area (Å²) in [5.41, 5.74) is 3.35. The minimum Gasteiger partial charge on any atom is -0.497 e.